The smallest absolute Gasteiger partial charge is 0.423 e. The van der Waals surface area contributed by atoms with E-state index in [1.54, 1.807) is 0 Å². The zero-order chi connectivity index (χ0) is 23.9. The quantitative estimate of drug-likeness (QED) is 0.555. The standard InChI is InChI=1S/C17H16F6N4O4S/c18-10-5-8(32(24,29)30)1-2-11(10)26-15-25-7-9(17(21,22)23)14(27-15)31-13-3-4-16(19,20)6-12(13)28/h1-2,5,7,12-13,28H,3-4,6H2,(H2,24,29,30)(H,25,26,27). The van der Waals surface area contributed by atoms with E-state index in [4.69, 9.17) is 9.88 Å². The Morgan fingerprint density at radius 2 is 1.97 bits per heavy atom. The molecule has 1 fully saturated rings. The Hall–Kier alpha value is -2.65. The molecule has 8 nitrogen and oxygen atoms in total. The van der Waals surface area contributed by atoms with Crippen LogP contribution in [0.25, 0.3) is 0 Å². The van der Waals surface area contributed by atoms with Gasteiger partial charge in [-0.25, -0.2) is 31.7 Å². The van der Waals surface area contributed by atoms with Crippen molar-refractivity contribution in [3.8, 4) is 5.88 Å². The summed E-state index contributed by atoms with van der Waals surface area (Å²) < 4.78 is 108. The third kappa shape index (κ3) is 5.58. The van der Waals surface area contributed by atoms with Crippen molar-refractivity contribution < 1.29 is 44.6 Å². The van der Waals surface area contributed by atoms with Gasteiger partial charge in [-0.15, -0.1) is 0 Å². The summed E-state index contributed by atoms with van der Waals surface area (Å²) in [5, 5.41) is 17.0. The molecule has 15 heteroatoms. The van der Waals surface area contributed by atoms with Gasteiger partial charge in [0.1, 0.15) is 17.5 Å². The number of primary sulfonamides is 1. The summed E-state index contributed by atoms with van der Waals surface area (Å²) in [6.45, 7) is 0. The van der Waals surface area contributed by atoms with Gasteiger partial charge in [-0.05, 0) is 24.6 Å². The predicted octanol–water partition coefficient (Wildman–Crippen LogP) is 2.95. The maximum atomic E-state index is 14.2. The molecule has 2 unspecified atom stereocenters. The van der Waals surface area contributed by atoms with Gasteiger partial charge < -0.3 is 15.2 Å². The van der Waals surface area contributed by atoms with Gasteiger partial charge in [-0.3, -0.25) is 0 Å². The molecular weight excluding hydrogens is 470 g/mol. The molecule has 2 atom stereocenters. The normalized spacial score (nSPS) is 21.2. The number of aliphatic hydroxyl groups is 1. The van der Waals surface area contributed by atoms with Crippen molar-refractivity contribution in [2.45, 2.75) is 48.5 Å². The fourth-order valence-corrected chi connectivity index (χ4v) is 3.50. The largest absolute Gasteiger partial charge is 0.471 e. The number of aliphatic hydroxyl groups excluding tert-OH is 1. The molecule has 1 saturated carbocycles. The highest BCUT2D eigenvalue weighted by atomic mass is 32.2. The maximum Gasteiger partial charge on any atom is 0.423 e. The fourth-order valence-electron chi connectivity index (χ4n) is 2.97. The summed E-state index contributed by atoms with van der Waals surface area (Å²) in [6.07, 6.45) is -9.88. The van der Waals surface area contributed by atoms with Crippen LogP contribution in [0, 0.1) is 5.82 Å². The second-order valence-corrected chi connectivity index (χ2v) is 8.61. The number of hydrogen-bond donors (Lipinski definition) is 3. The highest BCUT2D eigenvalue weighted by Crippen LogP contribution is 2.39. The summed E-state index contributed by atoms with van der Waals surface area (Å²) in [5.41, 5.74) is -1.82. The molecule has 176 valence electrons. The fraction of sp³-hybridized carbons (Fsp3) is 0.412. The van der Waals surface area contributed by atoms with Crippen LogP contribution in [0.2, 0.25) is 0 Å². The minimum Gasteiger partial charge on any atom is -0.471 e. The van der Waals surface area contributed by atoms with E-state index < -0.39 is 81.7 Å². The zero-order valence-electron chi connectivity index (χ0n) is 15.9. The summed E-state index contributed by atoms with van der Waals surface area (Å²) in [5.74, 6) is -5.91. The first kappa shape index (κ1) is 24.0. The Kier molecular flexibility index (Phi) is 6.27. The summed E-state index contributed by atoms with van der Waals surface area (Å²) in [7, 11) is -4.19. The van der Waals surface area contributed by atoms with Crippen LogP contribution < -0.4 is 15.2 Å². The van der Waals surface area contributed by atoms with Crippen LogP contribution >= 0.6 is 0 Å². The molecule has 32 heavy (non-hydrogen) atoms. The van der Waals surface area contributed by atoms with Crippen LogP contribution in [-0.2, 0) is 16.2 Å². The molecule has 0 aliphatic heterocycles. The van der Waals surface area contributed by atoms with E-state index in [9.17, 15) is 39.9 Å². The van der Waals surface area contributed by atoms with Gasteiger partial charge in [0.25, 0.3) is 5.92 Å². The second-order valence-electron chi connectivity index (χ2n) is 7.04. The number of sulfonamides is 1. The monoisotopic (exact) mass is 486 g/mol. The van der Waals surface area contributed by atoms with Crippen LogP contribution in [-0.4, -0.2) is 41.6 Å². The molecule has 0 bridgehead atoms. The number of rotatable bonds is 5. The van der Waals surface area contributed by atoms with Crippen LogP contribution in [0.15, 0.2) is 29.3 Å². The first-order valence-electron chi connectivity index (χ1n) is 8.92. The lowest BCUT2D eigenvalue weighted by Gasteiger charge is -2.33. The molecular formula is C17H16F6N4O4S. The highest BCUT2D eigenvalue weighted by Gasteiger charge is 2.43. The number of anilines is 2. The van der Waals surface area contributed by atoms with E-state index in [0.717, 1.165) is 12.1 Å². The third-order valence-corrected chi connectivity index (χ3v) is 5.48. The van der Waals surface area contributed by atoms with Crippen LogP contribution in [0.4, 0.5) is 38.0 Å². The molecule has 1 aliphatic carbocycles. The molecule has 1 aromatic heterocycles. The number of ether oxygens (including phenoxy) is 1. The number of halogens is 6. The van der Waals surface area contributed by atoms with Crippen molar-refractivity contribution >= 4 is 21.7 Å². The van der Waals surface area contributed by atoms with Gasteiger partial charge in [0.05, 0.1) is 16.7 Å². The van der Waals surface area contributed by atoms with Gasteiger partial charge in [-0.2, -0.15) is 18.2 Å². The van der Waals surface area contributed by atoms with Crippen molar-refractivity contribution in [1.82, 2.24) is 9.97 Å². The Balaban J connectivity index is 1.89. The van der Waals surface area contributed by atoms with Crippen LogP contribution in [0.3, 0.4) is 0 Å². The first-order valence-corrected chi connectivity index (χ1v) is 10.5. The van der Waals surface area contributed by atoms with Crippen molar-refractivity contribution in [2.24, 2.45) is 5.14 Å². The van der Waals surface area contributed by atoms with Crippen molar-refractivity contribution in [3.63, 3.8) is 0 Å². The molecule has 1 aliphatic rings. The van der Waals surface area contributed by atoms with Gasteiger partial charge >= 0.3 is 6.18 Å². The van der Waals surface area contributed by atoms with Crippen LogP contribution in [0.5, 0.6) is 5.88 Å². The average molecular weight is 486 g/mol. The molecule has 1 heterocycles. The van der Waals surface area contributed by atoms with Crippen molar-refractivity contribution in [3.05, 3.63) is 35.8 Å². The first-order chi connectivity index (χ1) is 14.7. The molecule has 0 radical (unpaired) electrons. The predicted molar refractivity (Wildman–Crippen MR) is 97.3 cm³/mol. The van der Waals surface area contributed by atoms with E-state index in [-0.39, 0.29) is 5.69 Å². The number of nitrogens with two attached hydrogens (primary N) is 1. The topological polar surface area (TPSA) is 127 Å². The third-order valence-electron chi connectivity index (χ3n) is 4.57. The van der Waals surface area contributed by atoms with Gasteiger partial charge in [0.2, 0.25) is 21.9 Å². The zero-order valence-corrected chi connectivity index (χ0v) is 16.7. The van der Waals surface area contributed by atoms with E-state index in [1.807, 2.05) is 0 Å². The number of hydrogen-bond acceptors (Lipinski definition) is 7. The molecule has 0 spiro atoms. The van der Waals surface area contributed by atoms with Crippen LogP contribution in [0.1, 0.15) is 24.8 Å². The summed E-state index contributed by atoms with van der Waals surface area (Å²) in [6, 6.07) is 2.47. The molecule has 3 rings (SSSR count). The lowest BCUT2D eigenvalue weighted by molar-refractivity contribution is -0.143. The maximum absolute atomic E-state index is 14.2. The second kappa shape index (κ2) is 8.37. The lowest BCUT2D eigenvalue weighted by atomic mass is 9.91. The minimum absolute atomic E-state index is 0.338. The van der Waals surface area contributed by atoms with Gasteiger partial charge in [0.15, 0.2) is 0 Å². The summed E-state index contributed by atoms with van der Waals surface area (Å²) in [4.78, 5) is 6.43. The lowest BCUT2D eigenvalue weighted by Crippen LogP contribution is -2.43. The van der Waals surface area contributed by atoms with Gasteiger partial charge in [0, 0.05) is 19.0 Å². The minimum atomic E-state index is -4.97. The number of nitrogens with zero attached hydrogens (tertiary/aromatic N) is 2. The SMILES string of the molecule is NS(=O)(=O)c1ccc(Nc2ncc(C(F)(F)F)c(OC3CCC(F)(F)CC3O)n2)c(F)c1. The van der Waals surface area contributed by atoms with Gasteiger partial charge in [-0.1, -0.05) is 0 Å². The molecule has 4 N–H and O–H groups in total. The molecule has 1 aromatic carbocycles. The van der Waals surface area contributed by atoms with E-state index in [1.165, 1.54) is 0 Å². The Morgan fingerprint density at radius 3 is 2.53 bits per heavy atom. The Morgan fingerprint density at radius 1 is 1.28 bits per heavy atom. The summed E-state index contributed by atoms with van der Waals surface area (Å²) >= 11 is 0. The Bertz CT molecular complexity index is 1110. The van der Waals surface area contributed by atoms with E-state index >= 15 is 0 Å². The van der Waals surface area contributed by atoms with E-state index in [2.05, 4.69) is 15.3 Å². The number of aromatic nitrogens is 2. The van der Waals surface area contributed by atoms with E-state index in [0.29, 0.717) is 12.3 Å². The molecule has 0 amide bonds. The number of benzene rings is 1. The Labute approximate surface area is 177 Å². The highest BCUT2D eigenvalue weighted by molar-refractivity contribution is 7.89. The average Bonchev–Trinajstić information content (AvgIpc) is 2.63. The number of nitrogens with one attached hydrogen (secondary N) is 1. The molecule has 0 saturated heterocycles. The number of alkyl halides is 5. The van der Waals surface area contributed by atoms with Crippen molar-refractivity contribution in [2.75, 3.05) is 5.32 Å². The van der Waals surface area contributed by atoms with Crippen molar-refractivity contribution in [1.29, 1.82) is 0 Å². The molecule has 2 aromatic rings.